The van der Waals surface area contributed by atoms with E-state index in [9.17, 15) is 14.4 Å². The van der Waals surface area contributed by atoms with Crippen LogP contribution in [-0.4, -0.2) is 42.8 Å². The van der Waals surface area contributed by atoms with Gasteiger partial charge in [-0.25, -0.2) is 0 Å². The van der Waals surface area contributed by atoms with Crippen molar-refractivity contribution in [3.05, 3.63) is 54.1 Å². The zero-order valence-electron chi connectivity index (χ0n) is 15.3. The molecule has 27 heavy (non-hydrogen) atoms. The standard InChI is InChI=1S/C20H21N3O4/c1-14(24)22(2)11-15-6-5-7-16(10-15)21-19(25)12-23-17-8-3-4-9-18(17)27-13-20(23)26/h3-10H,11-13H2,1-2H3,(H,21,25). The van der Waals surface area contributed by atoms with Crippen molar-refractivity contribution in [3.8, 4) is 5.75 Å². The van der Waals surface area contributed by atoms with Crippen LogP contribution in [0.1, 0.15) is 12.5 Å². The van der Waals surface area contributed by atoms with Gasteiger partial charge in [0.05, 0.1) is 5.69 Å². The van der Waals surface area contributed by atoms with Gasteiger partial charge in [-0.05, 0) is 29.8 Å². The maximum atomic E-state index is 12.5. The molecule has 0 fully saturated rings. The van der Waals surface area contributed by atoms with E-state index >= 15 is 0 Å². The molecule has 1 N–H and O–H groups in total. The summed E-state index contributed by atoms with van der Waals surface area (Å²) < 4.78 is 5.38. The number of benzene rings is 2. The van der Waals surface area contributed by atoms with Gasteiger partial charge in [0.25, 0.3) is 5.91 Å². The Balaban J connectivity index is 1.68. The molecule has 0 saturated heterocycles. The number of carbonyl (C=O) groups is 3. The Bertz CT molecular complexity index is 881. The van der Waals surface area contributed by atoms with E-state index in [1.165, 1.54) is 11.8 Å². The van der Waals surface area contributed by atoms with Crippen LogP contribution in [0.25, 0.3) is 0 Å². The van der Waals surface area contributed by atoms with Gasteiger partial charge in [0.15, 0.2) is 6.61 Å². The fourth-order valence-electron chi connectivity index (χ4n) is 2.80. The molecule has 0 bridgehead atoms. The predicted molar refractivity (Wildman–Crippen MR) is 102 cm³/mol. The average Bonchev–Trinajstić information content (AvgIpc) is 2.64. The van der Waals surface area contributed by atoms with Crippen molar-refractivity contribution in [2.75, 3.05) is 30.4 Å². The second kappa shape index (κ2) is 7.90. The number of carbonyl (C=O) groups excluding carboxylic acids is 3. The van der Waals surface area contributed by atoms with E-state index in [1.807, 2.05) is 24.3 Å². The first-order chi connectivity index (χ1) is 12.9. The summed E-state index contributed by atoms with van der Waals surface area (Å²) in [6, 6.07) is 14.4. The molecular formula is C20H21N3O4. The number of nitrogens with one attached hydrogen (secondary N) is 1. The lowest BCUT2D eigenvalue weighted by molar-refractivity contribution is -0.128. The number of anilines is 2. The van der Waals surface area contributed by atoms with Crippen molar-refractivity contribution in [1.29, 1.82) is 0 Å². The highest BCUT2D eigenvalue weighted by Gasteiger charge is 2.26. The SMILES string of the molecule is CC(=O)N(C)Cc1cccc(NC(=O)CN2C(=O)COc3ccccc32)c1. The Labute approximate surface area is 157 Å². The largest absolute Gasteiger partial charge is 0.482 e. The van der Waals surface area contributed by atoms with Crippen LogP contribution < -0.4 is 15.0 Å². The first kappa shape index (κ1) is 18.4. The molecule has 1 heterocycles. The van der Waals surface area contributed by atoms with Gasteiger partial charge < -0.3 is 15.0 Å². The fraction of sp³-hybridized carbons (Fsp3) is 0.250. The Kier molecular flexibility index (Phi) is 5.40. The monoisotopic (exact) mass is 367 g/mol. The van der Waals surface area contributed by atoms with Crippen LogP contribution in [0.15, 0.2) is 48.5 Å². The summed E-state index contributed by atoms with van der Waals surface area (Å²) in [6.45, 7) is 1.77. The number of amides is 3. The summed E-state index contributed by atoms with van der Waals surface area (Å²) in [5, 5.41) is 2.81. The molecule has 0 aromatic heterocycles. The molecule has 7 nitrogen and oxygen atoms in total. The number of ether oxygens (including phenoxy) is 1. The van der Waals surface area contributed by atoms with E-state index in [0.29, 0.717) is 23.7 Å². The molecule has 2 aromatic carbocycles. The van der Waals surface area contributed by atoms with Gasteiger partial charge in [-0.2, -0.15) is 0 Å². The lowest BCUT2D eigenvalue weighted by Gasteiger charge is -2.28. The lowest BCUT2D eigenvalue weighted by atomic mass is 10.2. The third-order valence-corrected chi connectivity index (χ3v) is 4.28. The highest BCUT2D eigenvalue weighted by Crippen LogP contribution is 2.31. The summed E-state index contributed by atoms with van der Waals surface area (Å²) in [7, 11) is 1.72. The van der Waals surface area contributed by atoms with E-state index in [1.54, 1.807) is 36.2 Å². The highest BCUT2D eigenvalue weighted by molar-refractivity contribution is 6.04. The van der Waals surface area contributed by atoms with Gasteiger partial charge in [-0.1, -0.05) is 24.3 Å². The summed E-state index contributed by atoms with van der Waals surface area (Å²) in [6.07, 6.45) is 0. The number of hydrogen-bond donors (Lipinski definition) is 1. The molecule has 2 aromatic rings. The van der Waals surface area contributed by atoms with Crippen LogP contribution in [0.3, 0.4) is 0 Å². The molecular weight excluding hydrogens is 346 g/mol. The smallest absolute Gasteiger partial charge is 0.265 e. The zero-order valence-corrected chi connectivity index (χ0v) is 15.3. The van der Waals surface area contributed by atoms with E-state index in [4.69, 9.17) is 4.74 Å². The Hall–Kier alpha value is -3.35. The minimum atomic E-state index is -0.308. The Morgan fingerprint density at radius 1 is 1.19 bits per heavy atom. The minimum Gasteiger partial charge on any atom is -0.482 e. The molecule has 1 aliphatic heterocycles. The first-order valence-corrected chi connectivity index (χ1v) is 8.57. The zero-order chi connectivity index (χ0) is 19.4. The summed E-state index contributed by atoms with van der Waals surface area (Å²) in [4.78, 5) is 39.0. The summed E-state index contributed by atoms with van der Waals surface area (Å²) >= 11 is 0. The molecule has 1 aliphatic rings. The van der Waals surface area contributed by atoms with Crippen molar-refractivity contribution in [2.24, 2.45) is 0 Å². The highest BCUT2D eigenvalue weighted by atomic mass is 16.5. The van der Waals surface area contributed by atoms with Crippen LogP contribution >= 0.6 is 0 Å². The van der Waals surface area contributed by atoms with E-state index in [-0.39, 0.29) is 30.9 Å². The second-order valence-electron chi connectivity index (χ2n) is 6.36. The maximum Gasteiger partial charge on any atom is 0.265 e. The number of fused-ring (bicyclic) bond motifs is 1. The Morgan fingerprint density at radius 3 is 2.74 bits per heavy atom. The molecule has 3 amide bonds. The Morgan fingerprint density at radius 2 is 1.96 bits per heavy atom. The van der Waals surface area contributed by atoms with Crippen LogP contribution in [0.4, 0.5) is 11.4 Å². The number of para-hydroxylation sites is 2. The van der Waals surface area contributed by atoms with Crippen molar-refractivity contribution < 1.29 is 19.1 Å². The number of hydrogen-bond acceptors (Lipinski definition) is 4. The minimum absolute atomic E-state index is 0.0334. The topological polar surface area (TPSA) is 79.0 Å². The van der Waals surface area contributed by atoms with Crippen LogP contribution in [0.5, 0.6) is 5.75 Å². The van der Waals surface area contributed by atoms with Gasteiger partial charge >= 0.3 is 0 Å². The molecule has 3 rings (SSSR count). The van der Waals surface area contributed by atoms with E-state index < -0.39 is 0 Å². The molecule has 0 atom stereocenters. The van der Waals surface area contributed by atoms with Gasteiger partial charge in [0.2, 0.25) is 11.8 Å². The maximum absolute atomic E-state index is 12.5. The first-order valence-electron chi connectivity index (χ1n) is 8.57. The fourth-order valence-corrected chi connectivity index (χ4v) is 2.80. The third kappa shape index (κ3) is 4.44. The number of rotatable bonds is 5. The van der Waals surface area contributed by atoms with E-state index in [0.717, 1.165) is 5.56 Å². The number of nitrogens with zero attached hydrogens (tertiary/aromatic N) is 2. The van der Waals surface area contributed by atoms with Crippen molar-refractivity contribution in [1.82, 2.24) is 4.90 Å². The van der Waals surface area contributed by atoms with Gasteiger partial charge in [0.1, 0.15) is 12.3 Å². The molecule has 140 valence electrons. The quantitative estimate of drug-likeness (QED) is 0.877. The van der Waals surface area contributed by atoms with Gasteiger partial charge in [0, 0.05) is 26.2 Å². The van der Waals surface area contributed by atoms with Crippen LogP contribution in [-0.2, 0) is 20.9 Å². The van der Waals surface area contributed by atoms with Gasteiger partial charge in [-0.3, -0.25) is 19.3 Å². The molecule has 0 radical (unpaired) electrons. The average molecular weight is 367 g/mol. The lowest BCUT2D eigenvalue weighted by Crippen LogP contribution is -2.43. The van der Waals surface area contributed by atoms with E-state index in [2.05, 4.69) is 5.32 Å². The van der Waals surface area contributed by atoms with Crippen LogP contribution in [0.2, 0.25) is 0 Å². The molecule has 0 saturated carbocycles. The normalized spacial score (nSPS) is 12.8. The third-order valence-electron chi connectivity index (χ3n) is 4.28. The molecule has 7 heteroatoms. The predicted octanol–water partition coefficient (Wildman–Crippen LogP) is 2.03. The summed E-state index contributed by atoms with van der Waals surface area (Å²) in [5.41, 5.74) is 2.10. The molecule has 0 unspecified atom stereocenters. The van der Waals surface area contributed by atoms with Crippen LogP contribution in [0, 0.1) is 0 Å². The van der Waals surface area contributed by atoms with Gasteiger partial charge in [-0.15, -0.1) is 0 Å². The summed E-state index contributed by atoms with van der Waals surface area (Å²) in [5.74, 6) is -0.0223. The van der Waals surface area contributed by atoms with Crippen molar-refractivity contribution >= 4 is 29.1 Å². The van der Waals surface area contributed by atoms with Crippen molar-refractivity contribution in [2.45, 2.75) is 13.5 Å². The molecule has 0 spiro atoms. The second-order valence-corrected chi connectivity index (χ2v) is 6.36. The van der Waals surface area contributed by atoms with Crippen molar-refractivity contribution in [3.63, 3.8) is 0 Å². The molecule has 0 aliphatic carbocycles.